The second-order valence-corrected chi connectivity index (χ2v) is 5.92. The average molecular weight is 164 g/mol. The van der Waals surface area contributed by atoms with Gasteiger partial charge >= 0.3 is 77.7 Å². The van der Waals surface area contributed by atoms with Crippen LogP contribution in [0.2, 0.25) is 0 Å². The minimum Gasteiger partial charge on any atom is -1.00 e. The first-order chi connectivity index (χ1) is 3.39. The summed E-state index contributed by atoms with van der Waals surface area (Å²) < 4.78 is 0. The van der Waals surface area contributed by atoms with Crippen molar-refractivity contribution in [3.05, 3.63) is 0 Å². The van der Waals surface area contributed by atoms with E-state index < -0.39 is 7.28 Å². The third-order valence-electron chi connectivity index (χ3n) is 1.30. The molecule has 0 aromatic carbocycles. The van der Waals surface area contributed by atoms with Gasteiger partial charge in [0.25, 0.3) is 0 Å². The molecule has 0 spiro atoms. The first kappa shape index (κ1) is 12.9. The van der Waals surface area contributed by atoms with Gasteiger partial charge in [-0.15, -0.1) is 0 Å². The van der Waals surface area contributed by atoms with Gasteiger partial charge in [0.2, 0.25) is 0 Å². The Kier molecular flexibility index (Phi) is 5.22. The van der Waals surface area contributed by atoms with Crippen LogP contribution in [0.25, 0.3) is 0 Å². The molecular formula is C4H14NaO3P. The van der Waals surface area contributed by atoms with Gasteiger partial charge in [-0.05, 0) is 0 Å². The molecule has 0 aromatic heterocycles. The molecule has 3 nitrogen and oxygen atoms in total. The maximum Gasteiger partial charge on any atom is 1.00 e. The number of hydrogen-bond donors (Lipinski definition) is 3. The largest absolute Gasteiger partial charge is 1.00 e. The molecule has 0 amide bonds. The topological polar surface area (TPSA) is 60.7 Å². The molecule has 9 heavy (non-hydrogen) atoms. The second kappa shape index (κ2) is 3.63. The minimum absolute atomic E-state index is 0. The maximum atomic E-state index is 8.84. The average Bonchev–Trinajstić information content (AvgIpc) is 1.68. The van der Waals surface area contributed by atoms with Crippen LogP contribution in [0, 0.1) is 0 Å². The number of hydrogen-bond acceptors (Lipinski definition) is 3. The van der Waals surface area contributed by atoms with Crippen LogP contribution >= 0.6 is 7.28 Å². The van der Waals surface area contributed by atoms with Gasteiger partial charge in [-0.1, -0.05) is 0 Å². The van der Waals surface area contributed by atoms with Crippen molar-refractivity contribution in [2.24, 2.45) is 0 Å². The Morgan fingerprint density at radius 2 is 1.33 bits per heavy atom. The van der Waals surface area contributed by atoms with E-state index in [0.717, 1.165) is 0 Å². The number of rotatable bonds is 2. The molecule has 0 aliphatic heterocycles. The van der Waals surface area contributed by atoms with Crippen LogP contribution in [0.15, 0.2) is 0 Å². The summed E-state index contributed by atoms with van der Waals surface area (Å²) in [6, 6.07) is 0. The summed E-state index contributed by atoms with van der Waals surface area (Å²) in [4.78, 5) is 26.5. The van der Waals surface area contributed by atoms with Crippen LogP contribution in [0.4, 0.5) is 0 Å². The summed E-state index contributed by atoms with van der Waals surface area (Å²) in [6.45, 7) is 3.11. The van der Waals surface area contributed by atoms with Crippen molar-refractivity contribution in [1.82, 2.24) is 0 Å². The van der Waals surface area contributed by atoms with Gasteiger partial charge in [0.1, 0.15) is 0 Å². The molecule has 0 saturated heterocycles. The Bertz CT molecular complexity index is 84.2. The molecule has 0 aliphatic carbocycles. The Balaban J connectivity index is -0.000000245. The smallest absolute Gasteiger partial charge is 1.00 e. The molecule has 5 heteroatoms. The first-order valence-corrected chi connectivity index (χ1v) is 5.11. The normalized spacial score (nSPS) is 15.4. The zero-order valence-corrected chi connectivity index (χ0v) is 9.10. The molecule has 0 atom stereocenters. The van der Waals surface area contributed by atoms with Crippen molar-refractivity contribution in [2.75, 3.05) is 12.3 Å². The quantitative estimate of drug-likeness (QED) is 0.310. The Morgan fingerprint density at radius 1 is 1.11 bits per heavy atom. The Hall–Kier alpha value is 1.31. The molecule has 0 bridgehead atoms. The molecule has 0 saturated carbocycles. The van der Waals surface area contributed by atoms with E-state index >= 15 is 0 Å². The molecule has 3 N–H and O–H groups in total. The predicted octanol–water partition coefficient (Wildman–Crippen LogP) is -2.58. The molecule has 0 rings (SSSR count). The van der Waals surface area contributed by atoms with Crippen LogP contribution in [0.3, 0.4) is 0 Å². The zero-order chi connectivity index (χ0) is 6.86. The van der Waals surface area contributed by atoms with Crippen LogP contribution in [0.1, 0.15) is 15.3 Å². The van der Waals surface area contributed by atoms with Gasteiger partial charge < -0.3 is 1.43 Å². The van der Waals surface area contributed by atoms with E-state index in [-0.39, 0.29) is 43.3 Å². The summed E-state index contributed by atoms with van der Waals surface area (Å²) in [5.41, 5.74) is 0. The molecule has 0 heterocycles. The Labute approximate surface area is 79.0 Å². The van der Waals surface area contributed by atoms with Crippen LogP contribution < -0.4 is 29.6 Å². The minimum atomic E-state index is -4.10. The van der Waals surface area contributed by atoms with E-state index in [2.05, 4.69) is 0 Å². The van der Waals surface area contributed by atoms with Crippen molar-refractivity contribution in [2.45, 2.75) is 13.8 Å². The van der Waals surface area contributed by atoms with E-state index in [1.165, 1.54) is 0 Å². The second-order valence-electron chi connectivity index (χ2n) is 1.97. The third kappa shape index (κ3) is 5.74. The van der Waals surface area contributed by atoms with Crippen molar-refractivity contribution in [3.63, 3.8) is 0 Å². The van der Waals surface area contributed by atoms with Crippen molar-refractivity contribution in [3.8, 4) is 0 Å². The van der Waals surface area contributed by atoms with Gasteiger partial charge in [-0.25, -0.2) is 0 Å². The van der Waals surface area contributed by atoms with E-state index in [4.69, 9.17) is 14.7 Å². The van der Waals surface area contributed by atoms with E-state index in [0.29, 0.717) is 0 Å². The van der Waals surface area contributed by atoms with Crippen LogP contribution in [-0.2, 0) is 0 Å². The van der Waals surface area contributed by atoms with E-state index in [1.54, 1.807) is 13.8 Å². The van der Waals surface area contributed by atoms with E-state index in [1.807, 2.05) is 0 Å². The van der Waals surface area contributed by atoms with Crippen molar-refractivity contribution in [1.29, 1.82) is 0 Å². The molecule has 0 aromatic rings. The van der Waals surface area contributed by atoms with Crippen LogP contribution in [-0.4, -0.2) is 27.0 Å². The fourth-order valence-electron chi connectivity index (χ4n) is 0.224. The van der Waals surface area contributed by atoms with Crippen molar-refractivity contribution < 1.29 is 45.7 Å². The Morgan fingerprint density at radius 3 is 1.33 bits per heavy atom. The summed E-state index contributed by atoms with van der Waals surface area (Å²) >= 11 is 0. The fraction of sp³-hybridized carbons (Fsp3) is 1.00. The van der Waals surface area contributed by atoms with Crippen molar-refractivity contribution >= 4 is 7.28 Å². The monoisotopic (exact) mass is 164 g/mol. The summed E-state index contributed by atoms with van der Waals surface area (Å²) in [5, 5.41) is 0. The SMILES string of the molecule is CCP(O)(O)(O)CC.[H-].[Na+]. The molecule has 0 unspecified atom stereocenters. The van der Waals surface area contributed by atoms with Crippen LogP contribution in [0.5, 0.6) is 0 Å². The standard InChI is InChI=1S/C4H13O3P.Na.H/c1-3-8(5,6,7)4-2;;/h5-7H,3-4H2,1-2H3;;/q;+1;-1. The van der Waals surface area contributed by atoms with Gasteiger partial charge in [0, 0.05) is 0 Å². The molecular weight excluding hydrogens is 150 g/mol. The third-order valence-corrected chi connectivity index (χ3v) is 3.89. The summed E-state index contributed by atoms with van der Waals surface area (Å²) in [6.07, 6.45) is 0.115. The molecule has 0 fully saturated rings. The fourth-order valence-corrected chi connectivity index (χ4v) is 0.671. The zero-order valence-electron chi connectivity index (χ0n) is 7.20. The van der Waals surface area contributed by atoms with Gasteiger partial charge in [-0.3, -0.25) is 0 Å². The first-order valence-electron chi connectivity index (χ1n) is 2.65. The van der Waals surface area contributed by atoms with Gasteiger partial charge in [-0.2, -0.15) is 0 Å². The van der Waals surface area contributed by atoms with Gasteiger partial charge in [0.15, 0.2) is 0 Å². The molecule has 0 radical (unpaired) electrons. The molecule has 54 valence electrons. The molecule has 0 aliphatic rings. The summed E-state index contributed by atoms with van der Waals surface area (Å²) in [7, 11) is -4.10. The van der Waals surface area contributed by atoms with E-state index in [9.17, 15) is 0 Å². The van der Waals surface area contributed by atoms with Gasteiger partial charge in [0.05, 0.1) is 0 Å². The summed E-state index contributed by atoms with van der Waals surface area (Å²) in [5.74, 6) is 0. The maximum absolute atomic E-state index is 8.84. The predicted molar refractivity (Wildman–Crippen MR) is 35.8 cm³/mol.